The number of piperazine rings is 1. The number of nitrogens with one attached hydrogen (secondary N) is 1. The molecule has 1 fully saturated rings. The molecule has 1 heterocycles. The number of esters is 1. The maximum absolute atomic E-state index is 12.8. The van der Waals surface area contributed by atoms with Gasteiger partial charge in [0.2, 0.25) is 0 Å². The molecule has 32 heavy (non-hydrogen) atoms. The van der Waals surface area contributed by atoms with Gasteiger partial charge in [-0.15, -0.1) is 0 Å². The molecule has 9 heteroatoms. The number of nitrogens with zero attached hydrogens (tertiary/aromatic N) is 2. The summed E-state index contributed by atoms with van der Waals surface area (Å²) in [5, 5.41) is 0. The lowest BCUT2D eigenvalue weighted by molar-refractivity contribution is -0.143. The lowest BCUT2D eigenvalue weighted by Crippen LogP contribution is -2.56. The zero-order chi connectivity index (χ0) is 23.1. The summed E-state index contributed by atoms with van der Waals surface area (Å²) < 4.78 is 40.0. The number of hydrogen-bond donors (Lipinski definition) is 1. The van der Waals surface area contributed by atoms with E-state index in [-0.39, 0.29) is 5.92 Å². The molecule has 0 aromatic heterocycles. The second-order valence-electron chi connectivity index (χ2n) is 8.02. The van der Waals surface area contributed by atoms with Crippen molar-refractivity contribution in [3.63, 3.8) is 0 Å². The third kappa shape index (κ3) is 6.21. The number of methoxy groups -OCH3 is 1. The standard InChI is InChI=1S/C23H31N3O5S/c1-18(2)22(23(27)30-3)24-32(28,29)26-15-13-25(14-16-26)20-9-11-21(12-10-20)31-17-19-7-5-4-6-8-19/h4-12,18,22,24H,13-17H2,1-3H3. The van der Waals surface area contributed by atoms with E-state index in [9.17, 15) is 13.2 Å². The van der Waals surface area contributed by atoms with E-state index < -0.39 is 22.2 Å². The molecule has 1 aliphatic rings. The van der Waals surface area contributed by atoms with E-state index in [1.807, 2.05) is 54.6 Å². The van der Waals surface area contributed by atoms with E-state index in [4.69, 9.17) is 9.47 Å². The van der Waals surface area contributed by atoms with Crippen molar-refractivity contribution in [1.29, 1.82) is 0 Å². The Balaban J connectivity index is 1.54. The maximum atomic E-state index is 12.8. The van der Waals surface area contributed by atoms with Crippen LogP contribution in [-0.4, -0.2) is 58.0 Å². The molecule has 2 aromatic rings. The largest absolute Gasteiger partial charge is 0.489 e. The molecule has 8 nitrogen and oxygen atoms in total. The highest BCUT2D eigenvalue weighted by Gasteiger charge is 2.33. The van der Waals surface area contributed by atoms with Crippen LogP contribution in [0.15, 0.2) is 54.6 Å². The van der Waals surface area contributed by atoms with Crippen molar-refractivity contribution in [2.45, 2.75) is 26.5 Å². The van der Waals surface area contributed by atoms with Crippen LogP contribution in [0.4, 0.5) is 5.69 Å². The topological polar surface area (TPSA) is 88.2 Å². The van der Waals surface area contributed by atoms with Crippen molar-refractivity contribution in [1.82, 2.24) is 9.03 Å². The van der Waals surface area contributed by atoms with Gasteiger partial charge in [-0.25, -0.2) is 0 Å². The van der Waals surface area contributed by atoms with Crippen molar-refractivity contribution >= 4 is 21.9 Å². The molecule has 2 aromatic carbocycles. The number of carbonyl (C=O) groups is 1. The zero-order valence-corrected chi connectivity index (χ0v) is 19.5. The molecule has 1 unspecified atom stereocenters. The predicted octanol–water partition coefficient (Wildman–Crippen LogP) is 2.42. The number of ether oxygens (including phenoxy) is 2. The Morgan fingerprint density at radius 3 is 2.19 bits per heavy atom. The molecular formula is C23H31N3O5S. The van der Waals surface area contributed by atoms with Crippen LogP contribution in [-0.2, 0) is 26.3 Å². The van der Waals surface area contributed by atoms with Gasteiger partial charge in [-0.05, 0) is 35.7 Å². The summed E-state index contributed by atoms with van der Waals surface area (Å²) in [5.41, 5.74) is 2.12. The molecule has 0 amide bonds. The van der Waals surface area contributed by atoms with E-state index >= 15 is 0 Å². The average molecular weight is 462 g/mol. The van der Waals surface area contributed by atoms with Gasteiger partial charge in [-0.3, -0.25) is 4.79 Å². The van der Waals surface area contributed by atoms with Crippen LogP contribution in [0, 0.1) is 5.92 Å². The van der Waals surface area contributed by atoms with Crippen LogP contribution in [0.2, 0.25) is 0 Å². The van der Waals surface area contributed by atoms with Gasteiger partial charge >= 0.3 is 5.97 Å². The van der Waals surface area contributed by atoms with Crippen LogP contribution in [0.25, 0.3) is 0 Å². The SMILES string of the molecule is COC(=O)C(NS(=O)(=O)N1CCN(c2ccc(OCc3ccccc3)cc2)CC1)C(C)C. The number of carbonyl (C=O) groups excluding carboxylic acids is 1. The first-order valence-electron chi connectivity index (χ1n) is 10.7. The molecule has 0 spiro atoms. The Hall–Kier alpha value is -2.62. The number of hydrogen-bond acceptors (Lipinski definition) is 6. The second-order valence-corrected chi connectivity index (χ2v) is 9.72. The third-order valence-corrected chi connectivity index (χ3v) is 7.02. The van der Waals surface area contributed by atoms with Crippen molar-refractivity contribution in [2.24, 2.45) is 5.92 Å². The molecule has 1 atom stereocenters. The number of benzene rings is 2. The summed E-state index contributed by atoms with van der Waals surface area (Å²) in [4.78, 5) is 14.1. The highest BCUT2D eigenvalue weighted by molar-refractivity contribution is 7.87. The Morgan fingerprint density at radius 1 is 1.00 bits per heavy atom. The van der Waals surface area contributed by atoms with Gasteiger partial charge in [-0.1, -0.05) is 44.2 Å². The van der Waals surface area contributed by atoms with Crippen LogP contribution >= 0.6 is 0 Å². The molecule has 1 N–H and O–H groups in total. The van der Waals surface area contributed by atoms with Gasteiger partial charge in [0, 0.05) is 31.9 Å². The number of anilines is 1. The summed E-state index contributed by atoms with van der Waals surface area (Å²) in [6.07, 6.45) is 0. The first-order valence-corrected chi connectivity index (χ1v) is 12.1. The maximum Gasteiger partial charge on any atom is 0.324 e. The van der Waals surface area contributed by atoms with Crippen LogP contribution < -0.4 is 14.4 Å². The summed E-state index contributed by atoms with van der Waals surface area (Å²) in [6.45, 7) is 5.81. The second kappa shape index (κ2) is 10.8. The summed E-state index contributed by atoms with van der Waals surface area (Å²) in [7, 11) is -2.54. The molecule has 174 valence electrons. The molecule has 0 saturated carbocycles. The lowest BCUT2D eigenvalue weighted by atomic mass is 10.1. The first-order chi connectivity index (χ1) is 15.3. The van der Waals surface area contributed by atoms with Gasteiger partial charge in [-0.2, -0.15) is 17.4 Å². The Bertz CT molecular complexity index is 972. The van der Waals surface area contributed by atoms with Crippen LogP contribution in [0.5, 0.6) is 5.75 Å². The lowest BCUT2D eigenvalue weighted by Gasteiger charge is -2.36. The smallest absolute Gasteiger partial charge is 0.324 e. The molecular weight excluding hydrogens is 430 g/mol. The minimum Gasteiger partial charge on any atom is -0.489 e. The molecule has 3 rings (SSSR count). The van der Waals surface area contributed by atoms with Gasteiger partial charge < -0.3 is 14.4 Å². The monoisotopic (exact) mass is 461 g/mol. The highest BCUT2D eigenvalue weighted by Crippen LogP contribution is 2.22. The van der Waals surface area contributed by atoms with Gasteiger partial charge in [0.25, 0.3) is 10.2 Å². The summed E-state index contributed by atoms with van der Waals surface area (Å²) in [5.74, 6) is -0.0246. The molecule has 1 saturated heterocycles. The Morgan fingerprint density at radius 2 is 1.62 bits per heavy atom. The Kier molecular flexibility index (Phi) is 8.11. The Labute approximate surface area is 190 Å². The quantitative estimate of drug-likeness (QED) is 0.577. The van der Waals surface area contributed by atoms with Crippen LogP contribution in [0.3, 0.4) is 0 Å². The van der Waals surface area contributed by atoms with E-state index in [2.05, 4.69) is 9.62 Å². The third-order valence-electron chi connectivity index (χ3n) is 5.43. The van der Waals surface area contributed by atoms with E-state index in [0.29, 0.717) is 32.8 Å². The van der Waals surface area contributed by atoms with Crippen molar-refractivity contribution in [2.75, 3.05) is 38.2 Å². The predicted molar refractivity (Wildman–Crippen MR) is 124 cm³/mol. The van der Waals surface area contributed by atoms with Crippen molar-refractivity contribution < 1.29 is 22.7 Å². The van der Waals surface area contributed by atoms with Crippen molar-refractivity contribution in [3.8, 4) is 5.75 Å². The van der Waals surface area contributed by atoms with E-state index in [0.717, 1.165) is 17.0 Å². The fourth-order valence-corrected chi connectivity index (χ4v) is 4.98. The normalized spacial score (nSPS) is 16.1. The summed E-state index contributed by atoms with van der Waals surface area (Å²) >= 11 is 0. The van der Waals surface area contributed by atoms with Gasteiger partial charge in [0.15, 0.2) is 0 Å². The fourth-order valence-electron chi connectivity index (χ4n) is 3.50. The number of rotatable bonds is 9. The molecule has 0 radical (unpaired) electrons. The first kappa shape index (κ1) is 24.0. The van der Waals surface area contributed by atoms with E-state index in [1.54, 1.807) is 13.8 Å². The minimum absolute atomic E-state index is 0.221. The highest BCUT2D eigenvalue weighted by atomic mass is 32.2. The minimum atomic E-state index is -3.79. The zero-order valence-electron chi connectivity index (χ0n) is 18.7. The average Bonchev–Trinajstić information content (AvgIpc) is 2.81. The van der Waals surface area contributed by atoms with Gasteiger partial charge in [0.1, 0.15) is 18.4 Å². The van der Waals surface area contributed by atoms with Crippen molar-refractivity contribution in [3.05, 3.63) is 60.2 Å². The molecule has 1 aliphatic heterocycles. The van der Waals surface area contributed by atoms with Crippen LogP contribution in [0.1, 0.15) is 19.4 Å². The molecule has 0 bridgehead atoms. The van der Waals surface area contributed by atoms with Gasteiger partial charge in [0.05, 0.1) is 7.11 Å². The fraction of sp³-hybridized carbons (Fsp3) is 0.435. The molecule has 0 aliphatic carbocycles. The van der Waals surface area contributed by atoms with E-state index in [1.165, 1.54) is 11.4 Å². The summed E-state index contributed by atoms with van der Waals surface area (Å²) in [6, 6.07) is 16.9.